The smallest absolute Gasteiger partial charge is 0.308 e. The highest BCUT2D eigenvalue weighted by Crippen LogP contribution is 2.38. The van der Waals surface area contributed by atoms with Crippen molar-refractivity contribution in [2.24, 2.45) is 5.10 Å². The second-order valence-corrected chi connectivity index (χ2v) is 6.06. The van der Waals surface area contributed by atoms with E-state index in [0.717, 1.165) is 16.5 Å². The molecular formula is C21H21N3O4. The van der Waals surface area contributed by atoms with Gasteiger partial charge in [0.2, 0.25) is 5.75 Å². The number of esters is 1. The van der Waals surface area contributed by atoms with Gasteiger partial charge in [-0.1, -0.05) is 18.2 Å². The van der Waals surface area contributed by atoms with Gasteiger partial charge in [-0.3, -0.25) is 10.2 Å². The molecule has 1 heterocycles. The predicted octanol–water partition coefficient (Wildman–Crippen LogP) is 3.93. The number of hydrogen-bond donors (Lipinski definition) is 1. The van der Waals surface area contributed by atoms with Crippen molar-refractivity contribution < 1.29 is 19.0 Å². The number of para-hydroxylation sites is 1. The number of ether oxygens (including phenoxy) is 3. The maximum Gasteiger partial charge on any atom is 0.308 e. The first-order chi connectivity index (χ1) is 13.5. The molecule has 3 aromatic rings. The third-order valence-corrected chi connectivity index (χ3v) is 4.04. The largest absolute Gasteiger partial charge is 0.493 e. The van der Waals surface area contributed by atoms with E-state index in [1.807, 2.05) is 37.3 Å². The third kappa shape index (κ3) is 4.20. The summed E-state index contributed by atoms with van der Waals surface area (Å²) in [6.45, 7) is 3.35. The highest BCUT2D eigenvalue weighted by atomic mass is 16.6. The molecule has 0 bridgehead atoms. The van der Waals surface area contributed by atoms with Crippen molar-refractivity contribution in [2.75, 3.05) is 19.6 Å². The molecule has 0 unspecified atom stereocenters. The van der Waals surface area contributed by atoms with Crippen molar-refractivity contribution in [2.45, 2.75) is 13.8 Å². The lowest BCUT2D eigenvalue weighted by Gasteiger charge is -2.13. The van der Waals surface area contributed by atoms with Gasteiger partial charge in [0.1, 0.15) is 5.82 Å². The summed E-state index contributed by atoms with van der Waals surface area (Å²) in [7, 11) is 2.98. The Bertz CT molecular complexity index is 1020. The summed E-state index contributed by atoms with van der Waals surface area (Å²) in [6, 6.07) is 13.3. The molecule has 0 fully saturated rings. The standard InChI is InChI=1S/C21H21N3O4/c1-13-9-20(23-17-8-6-5-7-16(13)17)24-22-12-15-10-18(26-3)21(28-14(2)25)19(11-15)27-4/h5-12H,1-4H3,(H,23,24). The van der Waals surface area contributed by atoms with E-state index in [0.29, 0.717) is 22.9 Å². The molecule has 0 amide bonds. The Morgan fingerprint density at radius 2 is 1.79 bits per heavy atom. The Hall–Kier alpha value is -3.61. The molecule has 0 radical (unpaired) electrons. The molecule has 1 N–H and O–H groups in total. The van der Waals surface area contributed by atoms with Crippen LogP contribution in [-0.4, -0.2) is 31.4 Å². The number of benzene rings is 2. The van der Waals surface area contributed by atoms with Crippen molar-refractivity contribution in [1.29, 1.82) is 0 Å². The SMILES string of the molecule is COc1cc(C=NNc2cc(C)c3ccccc3n2)cc(OC)c1OC(C)=O. The fourth-order valence-corrected chi connectivity index (χ4v) is 2.80. The van der Waals surface area contributed by atoms with Gasteiger partial charge >= 0.3 is 5.97 Å². The Kier molecular flexibility index (Phi) is 5.74. The van der Waals surface area contributed by atoms with Crippen molar-refractivity contribution in [3.05, 3.63) is 53.6 Å². The number of nitrogens with one attached hydrogen (secondary N) is 1. The van der Waals surface area contributed by atoms with Crippen LogP contribution in [0, 0.1) is 6.92 Å². The van der Waals surface area contributed by atoms with Crippen LogP contribution >= 0.6 is 0 Å². The number of aryl methyl sites for hydroxylation is 1. The first-order valence-electron chi connectivity index (χ1n) is 8.61. The zero-order valence-electron chi connectivity index (χ0n) is 16.1. The Morgan fingerprint density at radius 1 is 1.11 bits per heavy atom. The van der Waals surface area contributed by atoms with Crippen LogP contribution in [0.4, 0.5) is 5.82 Å². The van der Waals surface area contributed by atoms with Gasteiger partial charge in [-0.15, -0.1) is 0 Å². The second-order valence-electron chi connectivity index (χ2n) is 6.06. The number of fused-ring (bicyclic) bond motifs is 1. The van der Waals surface area contributed by atoms with Gasteiger partial charge in [0.25, 0.3) is 0 Å². The van der Waals surface area contributed by atoms with Crippen LogP contribution in [0.25, 0.3) is 10.9 Å². The molecule has 2 aromatic carbocycles. The number of carbonyl (C=O) groups excluding carboxylic acids is 1. The monoisotopic (exact) mass is 379 g/mol. The summed E-state index contributed by atoms with van der Waals surface area (Å²) in [4.78, 5) is 15.9. The first kappa shape index (κ1) is 19.2. The van der Waals surface area contributed by atoms with Crippen molar-refractivity contribution in [1.82, 2.24) is 4.98 Å². The molecule has 28 heavy (non-hydrogen) atoms. The van der Waals surface area contributed by atoms with E-state index in [1.54, 1.807) is 18.3 Å². The quantitative estimate of drug-likeness (QED) is 0.302. The Morgan fingerprint density at radius 3 is 2.43 bits per heavy atom. The molecule has 7 nitrogen and oxygen atoms in total. The van der Waals surface area contributed by atoms with Gasteiger partial charge < -0.3 is 14.2 Å². The molecule has 0 aliphatic rings. The molecule has 0 aliphatic carbocycles. The Balaban J connectivity index is 1.85. The highest BCUT2D eigenvalue weighted by Gasteiger charge is 2.15. The molecule has 7 heteroatoms. The molecule has 0 aliphatic heterocycles. The number of anilines is 1. The van der Waals surface area contributed by atoms with Crippen LogP contribution in [0.5, 0.6) is 17.2 Å². The van der Waals surface area contributed by atoms with E-state index in [-0.39, 0.29) is 5.75 Å². The van der Waals surface area contributed by atoms with Crippen molar-refractivity contribution in [3.8, 4) is 17.2 Å². The number of nitrogens with zero attached hydrogens (tertiary/aromatic N) is 2. The second kappa shape index (κ2) is 8.39. The maximum atomic E-state index is 11.3. The topological polar surface area (TPSA) is 82.0 Å². The van der Waals surface area contributed by atoms with E-state index in [1.165, 1.54) is 21.1 Å². The molecule has 3 rings (SSSR count). The van der Waals surface area contributed by atoms with Gasteiger partial charge in [-0.05, 0) is 36.8 Å². The van der Waals surface area contributed by atoms with Crippen LogP contribution in [0.1, 0.15) is 18.1 Å². The van der Waals surface area contributed by atoms with Crippen LogP contribution in [0.15, 0.2) is 47.6 Å². The zero-order chi connectivity index (χ0) is 20.1. The summed E-state index contributed by atoms with van der Waals surface area (Å²) in [5.74, 6) is 1.15. The molecule has 0 saturated carbocycles. The number of carbonyl (C=O) groups is 1. The average Bonchev–Trinajstić information content (AvgIpc) is 2.68. The lowest BCUT2D eigenvalue weighted by Crippen LogP contribution is -2.05. The number of aromatic nitrogens is 1. The minimum atomic E-state index is -0.461. The molecule has 0 saturated heterocycles. The summed E-state index contributed by atoms with van der Waals surface area (Å²) in [6.07, 6.45) is 1.61. The molecule has 1 aromatic heterocycles. The predicted molar refractivity (Wildman–Crippen MR) is 109 cm³/mol. The first-order valence-corrected chi connectivity index (χ1v) is 8.61. The van der Waals surface area contributed by atoms with Gasteiger partial charge in [-0.2, -0.15) is 5.10 Å². The minimum absolute atomic E-state index is 0.231. The number of hydrogen-bond acceptors (Lipinski definition) is 7. The summed E-state index contributed by atoms with van der Waals surface area (Å²) < 4.78 is 15.8. The fraction of sp³-hybridized carbons (Fsp3) is 0.190. The van der Waals surface area contributed by atoms with Gasteiger partial charge in [0, 0.05) is 17.9 Å². The average molecular weight is 379 g/mol. The fourth-order valence-electron chi connectivity index (χ4n) is 2.80. The van der Waals surface area contributed by atoms with Crippen LogP contribution in [-0.2, 0) is 4.79 Å². The molecule has 0 spiro atoms. The van der Waals surface area contributed by atoms with Crippen molar-refractivity contribution >= 4 is 28.9 Å². The summed E-state index contributed by atoms with van der Waals surface area (Å²) in [5, 5.41) is 5.35. The minimum Gasteiger partial charge on any atom is -0.493 e. The van der Waals surface area contributed by atoms with E-state index in [2.05, 4.69) is 15.5 Å². The van der Waals surface area contributed by atoms with E-state index in [4.69, 9.17) is 14.2 Å². The van der Waals surface area contributed by atoms with Crippen LogP contribution in [0.2, 0.25) is 0 Å². The Labute approximate surface area is 162 Å². The van der Waals surface area contributed by atoms with E-state index < -0.39 is 5.97 Å². The van der Waals surface area contributed by atoms with E-state index >= 15 is 0 Å². The van der Waals surface area contributed by atoms with Crippen molar-refractivity contribution in [3.63, 3.8) is 0 Å². The maximum absolute atomic E-state index is 11.3. The zero-order valence-corrected chi connectivity index (χ0v) is 16.1. The summed E-state index contributed by atoms with van der Waals surface area (Å²) in [5.41, 5.74) is 5.65. The molecule has 0 atom stereocenters. The molecule has 144 valence electrons. The van der Waals surface area contributed by atoms with Crippen LogP contribution in [0.3, 0.4) is 0 Å². The third-order valence-electron chi connectivity index (χ3n) is 4.04. The number of methoxy groups -OCH3 is 2. The van der Waals surface area contributed by atoms with Gasteiger partial charge in [0.05, 0.1) is 26.0 Å². The van der Waals surface area contributed by atoms with Gasteiger partial charge in [-0.25, -0.2) is 4.98 Å². The van der Waals surface area contributed by atoms with E-state index in [9.17, 15) is 4.79 Å². The molecular weight excluding hydrogens is 358 g/mol. The lowest BCUT2D eigenvalue weighted by atomic mass is 10.1. The number of hydrazone groups is 1. The van der Waals surface area contributed by atoms with Gasteiger partial charge in [0.15, 0.2) is 11.5 Å². The number of pyridine rings is 1. The van der Waals surface area contributed by atoms with Crippen LogP contribution < -0.4 is 19.6 Å². The summed E-state index contributed by atoms with van der Waals surface area (Å²) >= 11 is 0. The lowest BCUT2D eigenvalue weighted by molar-refractivity contribution is -0.132. The number of rotatable bonds is 6. The normalized spacial score (nSPS) is 10.9. The highest BCUT2D eigenvalue weighted by molar-refractivity contribution is 5.85.